The minimum atomic E-state index is 0.181. The van der Waals surface area contributed by atoms with Crippen molar-refractivity contribution in [3.63, 3.8) is 0 Å². The maximum atomic E-state index is 10.0. The summed E-state index contributed by atoms with van der Waals surface area (Å²) in [5.74, 6) is 0.317. The summed E-state index contributed by atoms with van der Waals surface area (Å²) >= 11 is 0. The Balaban J connectivity index is 1.69. The van der Waals surface area contributed by atoms with Crippen molar-refractivity contribution < 1.29 is 5.11 Å². The molecule has 0 fully saturated rings. The largest absolute Gasteiger partial charge is 0.508 e. The van der Waals surface area contributed by atoms with Gasteiger partial charge in [0.05, 0.1) is 6.17 Å². The van der Waals surface area contributed by atoms with Crippen LogP contribution in [0.1, 0.15) is 48.7 Å². The van der Waals surface area contributed by atoms with Crippen molar-refractivity contribution in [2.75, 3.05) is 32.7 Å². The number of phenols is 1. The van der Waals surface area contributed by atoms with Gasteiger partial charge in [-0.2, -0.15) is 0 Å². The number of fused-ring (bicyclic) bond motifs is 4. The van der Waals surface area contributed by atoms with Crippen LogP contribution in [0.3, 0.4) is 0 Å². The fourth-order valence-corrected chi connectivity index (χ4v) is 4.98. The number of nitrogens with zero attached hydrogens (tertiary/aromatic N) is 1. The Kier molecular flexibility index (Phi) is 5.81. The molecule has 2 aromatic carbocycles. The van der Waals surface area contributed by atoms with Crippen LogP contribution in [0.2, 0.25) is 0 Å². The van der Waals surface area contributed by atoms with E-state index in [4.69, 9.17) is 0 Å². The standard InChI is InChI=1S/C24H34N4O/c1-5-28(6-2)13-7-11-25-24-22-16(4)21-19-14-17(29)8-9-20(19)27-23(21)15(3)18(22)10-12-26-24/h8-9,14,24-27,29H,5-7,10-13H2,1-4H3. The smallest absolute Gasteiger partial charge is 0.116 e. The van der Waals surface area contributed by atoms with Crippen LogP contribution in [-0.2, 0) is 6.42 Å². The normalized spacial score (nSPS) is 16.8. The lowest BCUT2D eigenvalue weighted by molar-refractivity contribution is 0.292. The Hall–Kier alpha value is -2.08. The van der Waals surface area contributed by atoms with Crippen LogP contribution in [0.25, 0.3) is 21.8 Å². The van der Waals surface area contributed by atoms with Gasteiger partial charge in [-0.1, -0.05) is 13.8 Å². The summed E-state index contributed by atoms with van der Waals surface area (Å²) in [6.07, 6.45) is 2.38. The Labute approximate surface area is 173 Å². The van der Waals surface area contributed by atoms with E-state index in [1.54, 1.807) is 6.07 Å². The first-order chi connectivity index (χ1) is 14.0. The number of aromatic amines is 1. The molecule has 1 aliphatic rings. The van der Waals surface area contributed by atoms with Crippen LogP contribution in [0.4, 0.5) is 0 Å². The third kappa shape index (κ3) is 3.63. The number of hydrogen-bond acceptors (Lipinski definition) is 4. The zero-order valence-corrected chi connectivity index (χ0v) is 18.2. The molecule has 1 aliphatic heterocycles. The minimum absolute atomic E-state index is 0.181. The Bertz CT molecular complexity index is 1020. The SMILES string of the molecule is CCN(CC)CCCNC1NCCc2c1c(C)c1c([nH]c3ccc(O)cc31)c2C. The van der Waals surface area contributed by atoms with E-state index in [1.807, 2.05) is 12.1 Å². The van der Waals surface area contributed by atoms with Gasteiger partial charge in [-0.3, -0.25) is 10.6 Å². The van der Waals surface area contributed by atoms with Crippen LogP contribution in [0.5, 0.6) is 5.75 Å². The van der Waals surface area contributed by atoms with Gasteiger partial charge in [0.1, 0.15) is 5.75 Å². The number of rotatable bonds is 7. The molecule has 0 saturated carbocycles. The number of benzene rings is 2. The second-order valence-corrected chi connectivity index (χ2v) is 8.22. The molecule has 156 valence electrons. The van der Waals surface area contributed by atoms with Crippen molar-refractivity contribution in [3.05, 3.63) is 40.5 Å². The van der Waals surface area contributed by atoms with Crippen LogP contribution in [0.15, 0.2) is 18.2 Å². The van der Waals surface area contributed by atoms with E-state index in [-0.39, 0.29) is 6.17 Å². The molecule has 0 amide bonds. The summed E-state index contributed by atoms with van der Waals surface area (Å²) < 4.78 is 0. The van der Waals surface area contributed by atoms with Crippen LogP contribution in [0, 0.1) is 13.8 Å². The summed E-state index contributed by atoms with van der Waals surface area (Å²) in [7, 11) is 0. The predicted octanol–water partition coefficient (Wildman–Crippen LogP) is 4.11. The van der Waals surface area contributed by atoms with Gasteiger partial charge in [-0.25, -0.2) is 0 Å². The fraction of sp³-hybridized carbons (Fsp3) is 0.500. The first-order valence-electron chi connectivity index (χ1n) is 11.0. The molecule has 0 spiro atoms. The third-order valence-corrected chi connectivity index (χ3v) is 6.62. The summed E-state index contributed by atoms with van der Waals surface area (Å²) in [5, 5.41) is 19.9. The molecule has 2 heterocycles. The highest BCUT2D eigenvalue weighted by Crippen LogP contribution is 2.39. The number of H-pyrrole nitrogens is 1. The molecular formula is C24H34N4O. The van der Waals surface area contributed by atoms with Crippen LogP contribution >= 0.6 is 0 Å². The van der Waals surface area contributed by atoms with Crippen molar-refractivity contribution in [2.45, 2.75) is 46.7 Å². The van der Waals surface area contributed by atoms with E-state index >= 15 is 0 Å². The number of aromatic hydroxyl groups is 1. The quantitative estimate of drug-likeness (QED) is 0.456. The second-order valence-electron chi connectivity index (χ2n) is 8.22. The third-order valence-electron chi connectivity index (χ3n) is 6.62. The average molecular weight is 395 g/mol. The molecule has 0 saturated heterocycles. The highest BCUT2D eigenvalue weighted by molar-refractivity contribution is 6.11. The summed E-state index contributed by atoms with van der Waals surface area (Å²) in [6.45, 7) is 14.3. The Morgan fingerprint density at radius 3 is 2.72 bits per heavy atom. The number of nitrogens with one attached hydrogen (secondary N) is 3. The first-order valence-corrected chi connectivity index (χ1v) is 11.0. The summed E-state index contributed by atoms with van der Waals surface area (Å²) in [6, 6.07) is 5.61. The maximum absolute atomic E-state index is 10.0. The average Bonchev–Trinajstić information content (AvgIpc) is 3.11. The summed E-state index contributed by atoms with van der Waals surface area (Å²) in [5.41, 5.74) is 7.81. The van der Waals surface area contributed by atoms with E-state index in [0.29, 0.717) is 5.75 Å². The molecular weight excluding hydrogens is 360 g/mol. The Morgan fingerprint density at radius 1 is 1.17 bits per heavy atom. The Morgan fingerprint density at radius 2 is 1.97 bits per heavy atom. The molecule has 1 unspecified atom stereocenters. The van der Waals surface area contributed by atoms with Gasteiger partial charge >= 0.3 is 0 Å². The van der Waals surface area contributed by atoms with Gasteiger partial charge in [0.2, 0.25) is 0 Å². The zero-order chi connectivity index (χ0) is 20.5. The van der Waals surface area contributed by atoms with Crippen molar-refractivity contribution in [1.82, 2.24) is 20.5 Å². The molecule has 5 heteroatoms. The lowest BCUT2D eigenvalue weighted by atomic mass is 9.87. The lowest BCUT2D eigenvalue weighted by Gasteiger charge is -2.31. The summed E-state index contributed by atoms with van der Waals surface area (Å²) in [4.78, 5) is 6.07. The van der Waals surface area contributed by atoms with Gasteiger partial charge in [-0.05, 0) is 93.3 Å². The van der Waals surface area contributed by atoms with Crippen molar-refractivity contribution in [2.24, 2.45) is 0 Å². The van der Waals surface area contributed by atoms with Crippen LogP contribution < -0.4 is 10.6 Å². The highest BCUT2D eigenvalue weighted by Gasteiger charge is 2.26. The fourth-order valence-electron chi connectivity index (χ4n) is 4.98. The van der Waals surface area contributed by atoms with Crippen molar-refractivity contribution in [1.29, 1.82) is 0 Å². The number of aryl methyl sites for hydroxylation is 2. The molecule has 29 heavy (non-hydrogen) atoms. The van der Waals surface area contributed by atoms with Gasteiger partial charge in [0, 0.05) is 28.4 Å². The zero-order valence-electron chi connectivity index (χ0n) is 18.2. The second kappa shape index (κ2) is 8.34. The molecule has 4 rings (SSSR count). The molecule has 4 N–H and O–H groups in total. The van der Waals surface area contributed by atoms with Gasteiger partial charge in [-0.15, -0.1) is 0 Å². The molecule has 0 radical (unpaired) electrons. The minimum Gasteiger partial charge on any atom is -0.508 e. The molecule has 0 bridgehead atoms. The monoisotopic (exact) mass is 394 g/mol. The van der Waals surface area contributed by atoms with Crippen molar-refractivity contribution in [3.8, 4) is 5.75 Å². The predicted molar refractivity (Wildman–Crippen MR) is 122 cm³/mol. The first kappa shape index (κ1) is 20.2. The van der Waals surface area contributed by atoms with E-state index < -0.39 is 0 Å². The molecule has 5 nitrogen and oxygen atoms in total. The number of hydrogen-bond donors (Lipinski definition) is 4. The van der Waals surface area contributed by atoms with Gasteiger partial charge < -0.3 is 15.0 Å². The highest BCUT2D eigenvalue weighted by atomic mass is 16.3. The maximum Gasteiger partial charge on any atom is 0.116 e. The van der Waals surface area contributed by atoms with Crippen molar-refractivity contribution >= 4 is 21.8 Å². The number of phenolic OH excluding ortho intramolecular Hbond substituents is 1. The lowest BCUT2D eigenvalue weighted by Crippen LogP contribution is -2.41. The molecule has 3 aromatic rings. The van der Waals surface area contributed by atoms with E-state index in [9.17, 15) is 5.11 Å². The van der Waals surface area contributed by atoms with Gasteiger partial charge in [0.25, 0.3) is 0 Å². The van der Waals surface area contributed by atoms with Gasteiger partial charge in [0.15, 0.2) is 0 Å². The number of aromatic nitrogens is 1. The van der Waals surface area contributed by atoms with E-state index in [0.717, 1.165) is 56.5 Å². The molecule has 0 aliphatic carbocycles. The molecule has 1 aromatic heterocycles. The van der Waals surface area contributed by atoms with Crippen LogP contribution in [-0.4, -0.2) is 47.7 Å². The van der Waals surface area contributed by atoms with E-state index in [2.05, 4.69) is 48.2 Å². The molecule has 1 atom stereocenters. The topological polar surface area (TPSA) is 63.3 Å². The van der Waals surface area contributed by atoms with E-state index in [1.165, 1.54) is 33.2 Å².